The van der Waals surface area contributed by atoms with E-state index in [9.17, 15) is 9.50 Å². The van der Waals surface area contributed by atoms with Crippen LogP contribution in [0.3, 0.4) is 0 Å². The number of piperidine rings is 1. The zero-order valence-corrected chi connectivity index (χ0v) is 10.3. The maximum atomic E-state index is 13.1. The number of β-amino-alcohol motifs (C(OH)–C–C–N with tert-alkyl or cyclic N) is 1. The van der Waals surface area contributed by atoms with Gasteiger partial charge >= 0.3 is 0 Å². The molecule has 1 aromatic carbocycles. The Labute approximate surface area is 104 Å². The minimum Gasteiger partial charge on any atom is -0.388 e. The summed E-state index contributed by atoms with van der Waals surface area (Å²) in [6.45, 7) is 3.25. The molecule has 5 heteroatoms. The lowest BCUT2D eigenvalue weighted by molar-refractivity contribution is 0.0445. The molecule has 96 valence electrons. The zero-order valence-electron chi connectivity index (χ0n) is 10.3. The van der Waals surface area contributed by atoms with Gasteiger partial charge in [0.2, 0.25) is 5.95 Å². The third-order valence-corrected chi connectivity index (χ3v) is 3.41. The van der Waals surface area contributed by atoms with Gasteiger partial charge in [0.25, 0.3) is 0 Å². The third-order valence-electron chi connectivity index (χ3n) is 3.41. The lowest BCUT2D eigenvalue weighted by Gasteiger charge is -2.36. The highest BCUT2D eigenvalue weighted by atomic mass is 19.1. The molecule has 18 heavy (non-hydrogen) atoms. The highest BCUT2D eigenvalue weighted by molar-refractivity contribution is 5.77. The molecule has 0 bridgehead atoms. The van der Waals surface area contributed by atoms with Crippen molar-refractivity contribution in [2.75, 3.05) is 18.0 Å². The van der Waals surface area contributed by atoms with Gasteiger partial charge in [-0.1, -0.05) is 0 Å². The molecule has 3 rings (SSSR count). The average Bonchev–Trinajstić information content (AvgIpc) is 2.70. The lowest BCUT2D eigenvalue weighted by Crippen LogP contribution is -2.46. The van der Waals surface area contributed by atoms with Crippen molar-refractivity contribution in [2.24, 2.45) is 0 Å². The summed E-state index contributed by atoms with van der Waals surface area (Å²) >= 11 is 0. The summed E-state index contributed by atoms with van der Waals surface area (Å²) in [7, 11) is 0. The molecule has 1 saturated heterocycles. The Morgan fingerprint density at radius 3 is 3.11 bits per heavy atom. The summed E-state index contributed by atoms with van der Waals surface area (Å²) in [4.78, 5) is 9.56. The first kappa shape index (κ1) is 11.5. The fourth-order valence-corrected chi connectivity index (χ4v) is 2.52. The minimum absolute atomic E-state index is 0.275. The first-order valence-corrected chi connectivity index (χ1v) is 6.16. The number of benzene rings is 1. The Hall–Kier alpha value is -1.62. The maximum absolute atomic E-state index is 13.1. The van der Waals surface area contributed by atoms with E-state index in [-0.39, 0.29) is 5.82 Å². The Bertz CT molecular complexity index is 579. The number of aliphatic hydroxyl groups is 1. The molecule has 1 aliphatic rings. The van der Waals surface area contributed by atoms with E-state index in [0.717, 1.165) is 24.9 Å². The van der Waals surface area contributed by atoms with Crippen molar-refractivity contribution in [2.45, 2.75) is 25.4 Å². The Kier molecular flexibility index (Phi) is 2.52. The number of aromatic nitrogens is 2. The molecular weight excluding hydrogens is 233 g/mol. The van der Waals surface area contributed by atoms with Crippen molar-refractivity contribution in [1.29, 1.82) is 0 Å². The van der Waals surface area contributed by atoms with Gasteiger partial charge < -0.3 is 15.0 Å². The highest BCUT2D eigenvalue weighted by Crippen LogP contribution is 2.25. The lowest BCUT2D eigenvalue weighted by atomic mass is 9.95. The number of nitrogens with zero attached hydrogens (tertiary/aromatic N) is 2. The van der Waals surface area contributed by atoms with Crippen LogP contribution in [0.4, 0.5) is 10.3 Å². The maximum Gasteiger partial charge on any atom is 0.203 e. The Morgan fingerprint density at radius 1 is 1.50 bits per heavy atom. The first-order chi connectivity index (χ1) is 8.53. The van der Waals surface area contributed by atoms with Gasteiger partial charge in [0.05, 0.1) is 16.6 Å². The number of halogens is 1. The molecule has 1 atom stereocenters. The summed E-state index contributed by atoms with van der Waals surface area (Å²) < 4.78 is 13.1. The summed E-state index contributed by atoms with van der Waals surface area (Å²) in [5.41, 5.74) is 0.759. The van der Waals surface area contributed by atoms with Crippen LogP contribution in [-0.2, 0) is 0 Å². The second-order valence-electron chi connectivity index (χ2n) is 5.24. The zero-order chi connectivity index (χ0) is 12.8. The largest absolute Gasteiger partial charge is 0.388 e. The van der Waals surface area contributed by atoms with Crippen LogP contribution in [0, 0.1) is 5.82 Å². The number of nitrogens with one attached hydrogen (secondary N) is 1. The molecule has 1 fully saturated rings. The molecule has 1 unspecified atom stereocenters. The van der Waals surface area contributed by atoms with Gasteiger partial charge in [0, 0.05) is 13.1 Å². The van der Waals surface area contributed by atoms with E-state index in [1.54, 1.807) is 6.07 Å². The van der Waals surface area contributed by atoms with E-state index in [1.807, 2.05) is 11.8 Å². The van der Waals surface area contributed by atoms with Crippen LogP contribution in [0.2, 0.25) is 0 Å². The fourth-order valence-electron chi connectivity index (χ4n) is 2.52. The molecule has 0 amide bonds. The van der Waals surface area contributed by atoms with Gasteiger partial charge in [-0.3, -0.25) is 0 Å². The third kappa shape index (κ3) is 2.06. The SMILES string of the molecule is CC1(O)CCCN(c2nc3ccc(F)cc3[nH]2)C1. The topological polar surface area (TPSA) is 52.1 Å². The number of H-pyrrole nitrogens is 1. The molecular formula is C13H16FN3O. The second-order valence-corrected chi connectivity index (χ2v) is 5.24. The van der Waals surface area contributed by atoms with E-state index < -0.39 is 5.60 Å². The Balaban J connectivity index is 1.94. The molecule has 2 aromatic rings. The quantitative estimate of drug-likeness (QED) is 0.813. The number of hydrogen-bond donors (Lipinski definition) is 2. The number of aromatic amines is 1. The van der Waals surface area contributed by atoms with E-state index >= 15 is 0 Å². The predicted molar refractivity (Wildman–Crippen MR) is 68.1 cm³/mol. The van der Waals surface area contributed by atoms with Crippen LogP contribution in [0.5, 0.6) is 0 Å². The van der Waals surface area contributed by atoms with Crippen molar-refractivity contribution in [1.82, 2.24) is 9.97 Å². The molecule has 1 aliphatic heterocycles. The van der Waals surface area contributed by atoms with Crippen LogP contribution < -0.4 is 4.90 Å². The number of imidazole rings is 1. The summed E-state index contributed by atoms with van der Waals surface area (Å²) in [5.74, 6) is 0.430. The fraction of sp³-hybridized carbons (Fsp3) is 0.462. The molecule has 2 heterocycles. The smallest absolute Gasteiger partial charge is 0.203 e. The molecule has 1 aromatic heterocycles. The second kappa shape index (κ2) is 3.95. The number of fused-ring (bicyclic) bond motifs is 1. The molecule has 0 saturated carbocycles. The van der Waals surface area contributed by atoms with Gasteiger partial charge in [-0.25, -0.2) is 9.37 Å². The normalized spacial score (nSPS) is 24.7. The number of anilines is 1. The van der Waals surface area contributed by atoms with Crippen molar-refractivity contribution in [3.63, 3.8) is 0 Å². The van der Waals surface area contributed by atoms with E-state index in [0.29, 0.717) is 18.0 Å². The van der Waals surface area contributed by atoms with Gasteiger partial charge in [0.15, 0.2) is 0 Å². The summed E-state index contributed by atoms with van der Waals surface area (Å²) in [5, 5.41) is 10.1. The standard InChI is InChI=1S/C13H16FN3O/c1-13(18)5-2-6-17(8-13)12-15-10-4-3-9(14)7-11(10)16-12/h3-4,7,18H,2,5-6,8H2,1H3,(H,15,16). The molecule has 0 aliphatic carbocycles. The van der Waals surface area contributed by atoms with Crippen LogP contribution in [0.25, 0.3) is 11.0 Å². The highest BCUT2D eigenvalue weighted by Gasteiger charge is 2.29. The molecule has 0 spiro atoms. The van der Waals surface area contributed by atoms with Gasteiger partial charge in [-0.05, 0) is 38.0 Å². The predicted octanol–water partition coefficient (Wildman–Crippen LogP) is 2.05. The van der Waals surface area contributed by atoms with E-state index in [4.69, 9.17) is 0 Å². The van der Waals surface area contributed by atoms with E-state index in [2.05, 4.69) is 9.97 Å². The van der Waals surface area contributed by atoms with Crippen LogP contribution in [0.15, 0.2) is 18.2 Å². The number of hydrogen-bond acceptors (Lipinski definition) is 3. The van der Waals surface area contributed by atoms with Gasteiger partial charge in [-0.2, -0.15) is 0 Å². The van der Waals surface area contributed by atoms with Crippen LogP contribution in [0.1, 0.15) is 19.8 Å². The average molecular weight is 249 g/mol. The van der Waals surface area contributed by atoms with Crippen LogP contribution >= 0.6 is 0 Å². The summed E-state index contributed by atoms with van der Waals surface area (Å²) in [6.07, 6.45) is 1.73. The molecule has 2 N–H and O–H groups in total. The van der Waals surface area contributed by atoms with Gasteiger partial charge in [-0.15, -0.1) is 0 Å². The van der Waals surface area contributed by atoms with Crippen LogP contribution in [-0.4, -0.2) is 33.8 Å². The summed E-state index contributed by atoms with van der Waals surface area (Å²) in [6, 6.07) is 4.50. The Morgan fingerprint density at radius 2 is 2.33 bits per heavy atom. The van der Waals surface area contributed by atoms with Gasteiger partial charge in [0.1, 0.15) is 5.82 Å². The van der Waals surface area contributed by atoms with Crippen molar-refractivity contribution in [3.8, 4) is 0 Å². The van der Waals surface area contributed by atoms with Crippen molar-refractivity contribution in [3.05, 3.63) is 24.0 Å². The van der Waals surface area contributed by atoms with Crippen molar-refractivity contribution < 1.29 is 9.50 Å². The van der Waals surface area contributed by atoms with Crippen molar-refractivity contribution >= 4 is 17.0 Å². The molecule has 4 nitrogen and oxygen atoms in total. The monoisotopic (exact) mass is 249 g/mol. The minimum atomic E-state index is -0.678. The number of rotatable bonds is 1. The molecule has 0 radical (unpaired) electrons. The first-order valence-electron chi connectivity index (χ1n) is 6.16. The van der Waals surface area contributed by atoms with E-state index in [1.165, 1.54) is 12.1 Å².